The van der Waals surface area contributed by atoms with Gasteiger partial charge in [-0.15, -0.1) is 0 Å². The lowest BCUT2D eigenvalue weighted by Gasteiger charge is -2.05. The third-order valence-corrected chi connectivity index (χ3v) is 2.54. The number of ether oxygens (including phenoxy) is 1. The maximum Gasteiger partial charge on any atom is 0.433 e. The summed E-state index contributed by atoms with van der Waals surface area (Å²) in [5.74, 6) is -1.93. The topological polar surface area (TPSA) is 112 Å². The van der Waals surface area contributed by atoms with Crippen LogP contribution in [-0.2, 0) is 4.74 Å². The number of hydrogen-bond donors (Lipinski definition) is 1. The van der Waals surface area contributed by atoms with E-state index in [1.807, 2.05) is 0 Å². The minimum absolute atomic E-state index is 0.204. The largest absolute Gasteiger partial charge is 0.465 e. The Bertz CT molecular complexity index is 706. The summed E-state index contributed by atoms with van der Waals surface area (Å²) in [6, 6.07) is 8.34. The minimum Gasteiger partial charge on any atom is -0.465 e. The van der Waals surface area contributed by atoms with Crippen molar-refractivity contribution < 1.29 is 23.7 Å². The van der Waals surface area contributed by atoms with Crippen molar-refractivity contribution >= 4 is 23.4 Å². The van der Waals surface area contributed by atoms with Gasteiger partial charge in [-0.1, -0.05) is 6.07 Å². The van der Waals surface area contributed by atoms with Gasteiger partial charge in [-0.3, -0.25) is 14.9 Å². The molecule has 0 spiro atoms. The summed E-state index contributed by atoms with van der Waals surface area (Å²) in [5, 5.41) is 12.9. The molecule has 8 nitrogen and oxygen atoms in total. The molecule has 1 N–H and O–H groups in total. The molecule has 0 radical (unpaired) electrons. The van der Waals surface area contributed by atoms with Crippen LogP contribution in [0.15, 0.2) is 40.8 Å². The zero-order valence-corrected chi connectivity index (χ0v) is 10.9. The first-order valence-corrected chi connectivity index (χ1v) is 5.75. The Morgan fingerprint density at radius 2 is 2.05 bits per heavy atom. The number of furan rings is 1. The lowest BCUT2D eigenvalue weighted by atomic mass is 10.2. The molecule has 1 amide bonds. The number of nitro groups is 1. The second-order valence-electron chi connectivity index (χ2n) is 3.92. The Labute approximate surface area is 118 Å². The Morgan fingerprint density at radius 3 is 2.67 bits per heavy atom. The number of nitrogens with one attached hydrogen (secondary N) is 1. The molecule has 0 unspecified atom stereocenters. The molecule has 0 fully saturated rings. The molecule has 108 valence electrons. The molecule has 1 aromatic heterocycles. The zero-order chi connectivity index (χ0) is 15.4. The van der Waals surface area contributed by atoms with Crippen LogP contribution in [0.4, 0.5) is 11.6 Å². The van der Waals surface area contributed by atoms with Crippen molar-refractivity contribution in [3.8, 4) is 0 Å². The highest BCUT2D eigenvalue weighted by molar-refractivity contribution is 6.03. The SMILES string of the molecule is COC(=O)c1cccc(NC(=O)c2ccc([N+](=O)[O-])o2)c1. The van der Waals surface area contributed by atoms with Crippen LogP contribution in [0.25, 0.3) is 0 Å². The molecule has 8 heteroatoms. The molecule has 1 aromatic carbocycles. The number of hydrogen-bond acceptors (Lipinski definition) is 6. The van der Waals surface area contributed by atoms with Crippen molar-refractivity contribution in [2.45, 2.75) is 0 Å². The zero-order valence-electron chi connectivity index (χ0n) is 10.9. The molecule has 0 bridgehead atoms. The lowest BCUT2D eigenvalue weighted by molar-refractivity contribution is -0.402. The van der Waals surface area contributed by atoms with E-state index in [1.54, 1.807) is 12.1 Å². The van der Waals surface area contributed by atoms with Crippen LogP contribution in [0.2, 0.25) is 0 Å². The van der Waals surface area contributed by atoms with E-state index in [1.165, 1.54) is 25.3 Å². The highest BCUT2D eigenvalue weighted by atomic mass is 16.6. The number of esters is 1. The fraction of sp³-hybridized carbons (Fsp3) is 0.0769. The van der Waals surface area contributed by atoms with E-state index in [2.05, 4.69) is 10.1 Å². The molecule has 0 atom stereocenters. The summed E-state index contributed by atoms with van der Waals surface area (Å²) >= 11 is 0. The summed E-state index contributed by atoms with van der Waals surface area (Å²) in [4.78, 5) is 33.0. The number of methoxy groups -OCH3 is 1. The van der Waals surface area contributed by atoms with Crippen molar-refractivity contribution in [1.82, 2.24) is 0 Å². The Kier molecular flexibility index (Phi) is 3.98. The average Bonchev–Trinajstić information content (AvgIpc) is 2.97. The Hall–Kier alpha value is -3.16. The summed E-state index contributed by atoms with van der Waals surface area (Å²) in [5.41, 5.74) is 0.600. The number of carbonyl (C=O) groups excluding carboxylic acids is 2. The molecule has 0 aliphatic rings. The molecule has 0 saturated heterocycles. The van der Waals surface area contributed by atoms with Gasteiger partial charge in [-0.2, -0.15) is 0 Å². The molecule has 0 aliphatic heterocycles. The molecule has 21 heavy (non-hydrogen) atoms. The highest BCUT2D eigenvalue weighted by Crippen LogP contribution is 2.18. The van der Waals surface area contributed by atoms with Crippen LogP contribution in [0.3, 0.4) is 0 Å². The second kappa shape index (κ2) is 5.87. The van der Waals surface area contributed by atoms with Gasteiger partial charge >= 0.3 is 11.9 Å². The number of amides is 1. The van der Waals surface area contributed by atoms with E-state index in [0.29, 0.717) is 5.69 Å². The van der Waals surface area contributed by atoms with Crippen molar-refractivity contribution in [3.05, 3.63) is 57.8 Å². The highest BCUT2D eigenvalue weighted by Gasteiger charge is 2.17. The number of benzene rings is 1. The lowest BCUT2D eigenvalue weighted by Crippen LogP contribution is -2.11. The van der Waals surface area contributed by atoms with Crippen LogP contribution in [0.5, 0.6) is 0 Å². The predicted molar refractivity (Wildman–Crippen MR) is 71.1 cm³/mol. The number of anilines is 1. The first-order valence-electron chi connectivity index (χ1n) is 5.75. The molecule has 0 aliphatic carbocycles. The quantitative estimate of drug-likeness (QED) is 0.525. The maximum absolute atomic E-state index is 11.9. The van der Waals surface area contributed by atoms with Gasteiger partial charge in [0.05, 0.1) is 18.7 Å². The van der Waals surface area contributed by atoms with E-state index in [4.69, 9.17) is 4.42 Å². The summed E-state index contributed by atoms with van der Waals surface area (Å²) in [7, 11) is 1.25. The van der Waals surface area contributed by atoms with Gasteiger partial charge in [0.15, 0.2) is 5.76 Å². The average molecular weight is 290 g/mol. The van der Waals surface area contributed by atoms with Crippen molar-refractivity contribution in [2.24, 2.45) is 0 Å². The van der Waals surface area contributed by atoms with Crippen LogP contribution >= 0.6 is 0 Å². The number of nitrogens with zero attached hydrogens (tertiary/aromatic N) is 1. The minimum atomic E-state index is -0.741. The van der Waals surface area contributed by atoms with Gasteiger partial charge in [0.1, 0.15) is 4.92 Å². The molecule has 1 heterocycles. The molecule has 2 aromatic rings. The first-order chi connectivity index (χ1) is 10.0. The van der Waals surface area contributed by atoms with E-state index < -0.39 is 22.7 Å². The number of carbonyl (C=O) groups is 2. The van der Waals surface area contributed by atoms with Crippen LogP contribution in [0, 0.1) is 10.1 Å². The van der Waals surface area contributed by atoms with Gasteiger partial charge in [0.2, 0.25) is 0 Å². The van der Waals surface area contributed by atoms with Gasteiger partial charge in [0.25, 0.3) is 5.91 Å². The van der Waals surface area contributed by atoms with Crippen LogP contribution < -0.4 is 5.32 Å². The van der Waals surface area contributed by atoms with Gasteiger partial charge in [-0.25, -0.2) is 4.79 Å². The third-order valence-electron chi connectivity index (χ3n) is 2.54. The summed E-state index contributed by atoms with van der Waals surface area (Å²) < 4.78 is 9.34. The Morgan fingerprint density at radius 1 is 1.29 bits per heavy atom. The fourth-order valence-corrected chi connectivity index (χ4v) is 1.58. The van der Waals surface area contributed by atoms with Crippen molar-refractivity contribution in [1.29, 1.82) is 0 Å². The predicted octanol–water partition coefficient (Wildman–Crippen LogP) is 2.23. The van der Waals surface area contributed by atoms with E-state index >= 15 is 0 Å². The normalized spacial score (nSPS) is 9.95. The molecule has 2 rings (SSSR count). The van der Waals surface area contributed by atoms with Crippen molar-refractivity contribution in [3.63, 3.8) is 0 Å². The van der Waals surface area contributed by atoms with Gasteiger partial charge < -0.3 is 14.5 Å². The Balaban J connectivity index is 2.15. The van der Waals surface area contributed by atoms with Gasteiger partial charge in [0, 0.05) is 5.69 Å². The third kappa shape index (κ3) is 3.24. The first kappa shape index (κ1) is 14.3. The summed E-state index contributed by atoms with van der Waals surface area (Å²) in [6.07, 6.45) is 0. The molecular weight excluding hydrogens is 280 g/mol. The summed E-state index contributed by atoms with van der Waals surface area (Å²) in [6.45, 7) is 0. The second-order valence-corrected chi connectivity index (χ2v) is 3.92. The molecular formula is C13H10N2O6. The van der Waals surface area contributed by atoms with E-state index in [0.717, 1.165) is 6.07 Å². The van der Waals surface area contributed by atoms with Gasteiger partial charge in [-0.05, 0) is 24.3 Å². The van der Waals surface area contributed by atoms with E-state index in [-0.39, 0.29) is 11.3 Å². The van der Waals surface area contributed by atoms with E-state index in [9.17, 15) is 19.7 Å². The van der Waals surface area contributed by atoms with Crippen LogP contribution in [0.1, 0.15) is 20.9 Å². The number of rotatable bonds is 4. The maximum atomic E-state index is 11.9. The van der Waals surface area contributed by atoms with Crippen LogP contribution in [-0.4, -0.2) is 23.9 Å². The van der Waals surface area contributed by atoms with Crippen molar-refractivity contribution in [2.75, 3.05) is 12.4 Å². The smallest absolute Gasteiger partial charge is 0.433 e. The fourth-order valence-electron chi connectivity index (χ4n) is 1.58. The monoisotopic (exact) mass is 290 g/mol. The molecule has 0 saturated carbocycles. The standard InChI is InChI=1S/C13H10N2O6/c1-20-13(17)8-3-2-4-9(7-8)14-12(16)10-5-6-11(21-10)15(18)19/h2-7H,1H3,(H,14,16).